The fourth-order valence-electron chi connectivity index (χ4n) is 3.36. The summed E-state index contributed by atoms with van der Waals surface area (Å²) in [6.45, 7) is 5.61. The summed E-state index contributed by atoms with van der Waals surface area (Å²) in [4.78, 5) is 2.51. The molecule has 0 amide bonds. The summed E-state index contributed by atoms with van der Waals surface area (Å²) in [5, 5.41) is 3.39. The van der Waals surface area contributed by atoms with E-state index in [2.05, 4.69) is 34.5 Å². The summed E-state index contributed by atoms with van der Waals surface area (Å²) >= 11 is 0. The van der Waals surface area contributed by atoms with E-state index in [-0.39, 0.29) is 5.54 Å². The third kappa shape index (κ3) is 2.99. The molecule has 1 heterocycles. The van der Waals surface area contributed by atoms with E-state index in [0.29, 0.717) is 0 Å². The molecule has 1 aliphatic heterocycles. The molecular formula is C16H25N3. The van der Waals surface area contributed by atoms with E-state index < -0.39 is 0 Å². The van der Waals surface area contributed by atoms with Crippen molar-refractivity contribution in [3.63, 3.8) is 0 Å². The lowest BCUT2D eigenvalue weighted by Gasteiger charge is -2.28. The molecule has 19 heavy (non-hydrogen) atoms. The van der Waals surface area contributed by atoms with Crippen molar-refractivity contribution in [1.82, 2.24) is 10.2 Å². The molecule has 1 aliphatic carbocycles. The number of nitrogens with two attached hydrogens (primary N) is 1. The Bertz CT molecular complexity index is 401. The van der Waals surface area contributed by atoms with Gasteiger partial charge in [-0.25, -0.2) is 0 Å². The van der Waals surface area contributed by atoms with Crippen LogP contribution in [-0.2, 0) is 12.1 Å². The maximum Gasteiger partial charge on any atom is 0.0409 e. The number of hydrogen-bond acceptors (Lipinski definition) is 3. The van der Waals surface area contributed by atoms with Gasteiger partial charge in [0.05, 0.1) is 0 Å². The molecule has 104 valence electrons. The molecule has 0 spiro atoms. The van der Waals surface area contributed by atoms with Crippen molar-refractivity contribution in [2.75, 3.05) is 26.2 Å². The molecule has 0 radical (unpaired) electrons. The average molecular weight is 259 g/mol. The Morgan fingerprint density at radius 3 is 2.32 bits per heavy atom. The van der Waals surface area contributed by atoms with Crippen LogP contribution in [0.2, 0.25) is 0 Å². The standard InChI is InChI=1S/C16H25N3/c17-16(7-1-2-8-16)15-5-3-14(4-6-15)13-19-11-9-18-10-12-19/h3-6,18H,1-2,7-13,17H2. The van der Waals surface area contributed by atoms with Gasteiger partial charge in [0.2, 0.25) is 0 Å². The summed E-state index contributed by atoms with van der Waals surface area (Å²) in [7, 11) is 0. The quantitative estimate of drug-likeness (QED) is 0.870. The van der Waals surface area contributed by atoms with E-state index in [4.69, 9.17) is 5.73 Å². The highest BCUT2D eigenvalue weighted by molar-refractivity contribution is 5.29. The van der Waals surface area contributed by atoms with Gasteiger partial charge < -0.3 is 11.1 Å². The van der Waals surface area contributed by atoms with Crippen LogP contribution in [0.1, 0.15) is 36.8 Å². The molecule has 1 aromatic rings. The Balaban J connectivity index is 1.65. The molecule has 1 saturated heterocycles. The molecule has 0 aromatic heterocycles. The van der Waals surface area contributed by atoms with E-state index >= 15 is 0 Å². The molecule has 3 N–H and O–H groups in total. The zero-order chi connectivity index (χ0) is 13.1. The van der Waals surface area contributed by atoms with Gasteiger partial charge in [0.25, 0.3) is 0 Å². The van der Waals surface area contributed by atoms with Crippen LogP contribution in [0.4, 0.5) is 0 Å². The first-order valence-corrected chi connectivity index (χ1v) is 7.58. The van der Waals surface area contributed by atoms with Gasteiger partial charge in [-0.3, -0.25) is 4.90 Å². The number of piperazine rings is 1. The van der Waals surface area contributed by atoms with Crippen LogP contribution in [0, 0.1) is 0 Å². The molecule has 1 aromatic carbocycles. The largest absolute Gasteiger partial charge is 0.321 e. The van der Waals surface area contributed by atoms with Gasteiger partial charge in [-0.2, -0.15) is 0 Å². The van der Waals surface area contributed by atoms with Gasteiger partial charge in [-0.05, 0) is 24.0 Å². The predicted molar refractivity (Wildman–Crippen MR) is 78.9 cm³/mol. The number of hydrogen-bond donors (Lipinski definition) is 2. The van der Waals surface area contributed by atoms with E-state index in [1.54, 1.807) is 0 Å². The lowest BCUT2D eigenvalue weighted by Crippen LogP contribution is -2.42. The minimum atomic E-state index is -0.0480. The Kier molecular flexibility index (Phi) is 3.87. The van der Waals surface area contributed by atoms with Gasteiger partial charge in [0.15, 0.2) is 0 Å². The van der Waals surface area contributed by atoms with E-state index in [1.807, 2.05) is 0 Å². The number of nitrogens with one attached hydrogen (secondary N) is 1. The molecule has 3 heteroatoms. The third-order valence-electron chi connectivity index (χ3n) is 4.64. The molecule has 1 saturated carbocycles. The smallest absolute Gasteiger partial charge is 0.0409 e. The van der Waals surface area contributed by atoms with Crippen molar-refractivity contribution in [3.8, 4) is 0 Å². The van der Waals surface area contributed by atoms with Crippen LogP contribution in [0.5, 0.6) is 0 Å². The van der Waals surface area contributed by atoms with Crippen LogP contribution >= 0.6 is 0 Å². The normalized spacial score (nSPS) is 23.6. The molecule has 0 bridgehead atoms. The Hall–Kier alpha value is -0.900. The fraction of sp³-hybridized carbons (Fsp3) is 0.625. The SMILES string of the molecule is NC1(c2ccc(CN3CCNCC3)cc2)CCCC1. The Labute approximate surface area is 116 Å². The molecule has 2 aliphatic rings. The summed E-state index contributed by atoms with van der Waals surface area (Å²) in [5.41, 5.74) is 9.19. The van der Waals surface area contributed by atoms with Crippen LogP contribution in [0.25, 0.3) is 0 Å². The second kappa shape index (κ2) is 5.61. The highest BCUT2D eigenvalue weighted by atomic mass is 15.2. The van der Waals surface area contributed by atoms with Gasteiger partial charge in [-0.1, -0.05) is 37.1 Å². The first-order chi connectivity index (χ1) is 9.26. The third-order valence-corrected chi connectivity index (χ3v) is 4.64. The van der Waals surface area contributed by atoms with Crippen molar-refractivity contribution in [2.24, 2.45) is 5.73 Å². The van der Waals surface area contributed by atoms with Gasteiger partial charge >= 0.3 is 0 Å². The maximum atomic E-state index is 6.50. The number of nitrogens with zero attached hydrogens (tertiary/aromatic N) is 1. The van der Waals surface area contributed by atoms with Crippen LogP contribution in [0.15, 0.2) is 24.3 Å². The fourth-order valence-corrected chi connectivity index (χ4v) is 3.36. The molecule has 0 unspecified atom stereocenters. The molecule has 0 atom stereocenters. The topological polar surface area (TPSA) is 41.3 Å². The minimum absolute atomic E-state index is 0.0480. The summed E-state index contributed by atoms with van der Waals surface area (Å²) in [6, 6.07) is 9.04. The second-order valence-corrected chi connectivity index (χ2v) is 6.09. The first-order valence-electron chi connectivity index (χ1n) is 7.58. The average Bonchev–Trinajstić information content (AvgIpc) is 2.89. The maximum absolute atomic E-state index is 6.50. The van der Waals surface area contributed by atoms with E-state index in [0.717, 1.165) is 45.6 Å². The zero-order valence-corrected chi connectivity index (χ0v) is 11.7. The molecule has 2 fully saturated rings. The monoisotopic (exact) mass is 259 g/mol. The lowest BCUT2D eigenvalue weighted by molar-refractivity contribution is 0.233. The van der Waals surface area contributed by atoms with Crippen molar-refractivity contribution >= 4 is 0 Å². The van der Waals surface area contributed by atoms with Gasteiger partial charge in [0, 0.05) is 38.3 Å². The minimum Gasteiger partial charge on any atom is -0.321 e. The predicted octanol–water partition coefficient (Wildman–Crippen LogP) is 1.82. The van der Waals surface area contributed by atoms with Gasteiger partial charge in [0.1, 0.15) is 0 Å². The van der Waals surface area contributed by atoms with Crippen molar-refractivity contribution in [1.29, 1.82) is 0 Å². The van der Waals surface area contributed by atoms with Crippen molar-refractivity contribution < 1.29 is 0 Å². The van der Waals surface area contributed by atoms with Gasteiger partial charge in [-0.15, -0.1) is 0 Å². The lowest BCUT2D eigenvalue weighted by atomic mass is 9.89. The number of benzene rings is 1. The van der Waals surface area contributed by atoms with Crippen LogP contribution < -0.4 is 11.1 Å². The first kappa shape index (κ1) is 13.1. The molecule has 3 nitrogen and oxygen atoms in total. The summed E-state index contributed by atoms with van der Waals surface area (Å²) < 4.78 is 0. The van der Waals surface area contributed by atoms with E-state index in [1.165, 1.54) is 24.0 Å². The van der Waals surface area contributed by atoms with Crippen molar-refractivity contribution in [2.45, 2.75) is 37.8 Å². The number of rotatable bonds is 3. The Morgan fingerprint density at radius 1 is 1.05 bits per heavy atom. The highest BCUT2D eigenvalue weighted by Gasteiger charge is 2.30. The molecule has 3 rings (SSSR count). The van der Waals surface area contributed by atoms with E-state index in [9.17, 15) is 0 Å². The second-order valence-electron chi connectivity index (χ2n) is 6.09. The van der Waals surface area contributed by atoms with Crippen LogP contribution in [-0.4, -0.2) is 31.1 Å². The summed E-state index contributed by atoms with van der Waals surface area (Å²) in [5.74, 6) is 0. The van der Waals surface area contributed by atoms with Crippen LogP contribution in [0.3, 0.4) is 0 Å². The Morgan fingerprint density at radius 2 is 1.68 bits per heavy atom. The summed E-state index contributed by atoms with van der Waals surface area (Å²) in [6.07, 6.45) is 4.84. The zero-order valence-electron chi connectivity index (χ0n) is 11.7. The molecular weight excluding hydrogens is 234 g/mol. The van der Waals surface area contributed by atoms with Crippen molar-refractivity contribution in [3.05, 3.63) is 35.4 Å². The highest BCUT2D eigenvalue weighted by Crippen LogP contribution is 2.36.